The molecule has 0 aliphatic carbocycles. The minimum absolute atomic E-state index is 0.0611. The molecule has 1 aliphatic rings. The van der Waals surface area contributed by atoms with E-state index in [1.165, 1.54) is 11.2 Å². The maximum atomic E-state index is 12.1. The molecular formula is C16H21N3O6. The minimum atomic E-state index is -0.548. The predicted octanol–water partition coefficient (Wildman–Crippen LogP) is 0.119. The van der Waals surface area contributed by atoms with Gasteiger partial charge in [-0.3, -0.25) is 30.0 Å². The Morgan fingerprint density at radius 3 is 2.80 bits per heavy atom. The van der Waals surface area contributed by atoms with Gasteiger partial charge in [0.15, 0.2) is 0 Å². The maximum absolute atomic E-state index is 12.1. The number of carbonyl (C=O) groups excluding carboxylic acids is 4. The van der Waals surface area contributed by atoms with E-state index in [2.05, 4.69) is 10.9 Å². The van der Waals surface area contributed by atoms with E-state index in [1.54, 1.807) is 19.1 Å². The summed E-state index contributed by atoms with van der Waals surface area (Å²) < 4.78 is 9.90. The Bertz CT molecular complexity index is 628. The van der Waals surface area contributed by atoms with Crippen molar-refractivity contribution in [3.63, 3.8) is 0 Å². The van der Waals surface area contributed by atoms with Crippen LogP contribution in [-0.2, 0) is 30.5 Å². The molecule has 1 unspecified atom stereocenters. The molecule has 1 atom stereocenters. The third kappa shape index (κ3) is 5.63. The van der Waals surface area contributed by atoms with E-state index < -0.39 is 23.7 Å². The molecule has 2 N–H and O–H groups in total. The van der Waals surface area contributed by atoms with Gasteiger partial charge in [-0.05, 0) is 19.1 Å². The zero-order valence-electron chi connectivity index (χ0n) is 13.9. The number of likely N-dealkylation sites (tertiary alicyclic amines) is 1. The highest BCUT2D eigenvalue weighted by atomic mass is 16.5. The monoisotopic (exact) mass is 351 g/mol. The van der Waals surface area contributed by atoms with Gasteiger partial charge in [-0.2, -0.15) is 0 Å². The van der Waals surface area contributed by atoms with E-state index in [1.807, 2.05) is 0 Å². The molecule has 136 valence electrons. The molecule has 3 amide bonds. The van der Waals surface area contributed by atoms with Gasteiger partial charge < -0.3 is 14.1 Å². The van der Waals surface area contributed by atoms with E-state index in [0.29, 0.717) is 12.3 Å². The molecule has 0 saturated carbocycles. The van der Waals surface area contributed by atoms with Gasteiger partial charge in [0, 0.05) is 19.4 Å². The molecule has 0 spiro atoms. The van der Waals surface area contributed by atoms with Gasteiger partial charge in [0.25, 0.3) is 0 Å². The Balaban J connectivity index is 1.71. The lowest BCUT2D eigenvalue weighted by Crippen LogP contribution is -2.45. The van der Waals surface area contributed by atoms with Gasteiger partial charge in [0.2, 0.25) is 17.7 Å². The average Bonchev–Trinajstić information content (AvgIpc) is 3.22. The van der Waals surface area contributed by atoms with E-state index in [-0.39, 0.29) is 38.3 Å². The van der Waals surface area contributed by atoms with Crippen molar-refractivity contribution in [2.24, 2.45) is 5.92 Å². The summed E-state index contributed by atoms with van der Waals surface area (Å²) in [7, 11) is 0. The van der Waals surface area contributed by atoms with Crippen LogP contribution in [0, 0.1) is 5.92 Å². The minimum Gasteiger partial charge on any atom is -0.467 e. The van der Waals surface area contributed by atoms with Crippen molar-refractivity contribution in [3.8, 4) is 0 Å². The summed E-state index contributed by atoms with van der Waals surface area (Å²) >= 11 is 0. The number of esters is 1. The fourth-order valence-electron chi connectivity index (χ4n) is 2.44. The molecule has 0 aromatic carbocycles. The van der Waals surface area contributed by atoms with Crippen LogP contribution in [0.15, 0.2) is 22.8 Å². The highest BCUT2D eigenvalue weighted by molar-refractivity contribution is 5.90. The van der Waals surface area contributed by atoms with Crippen molar-refractivity contribution in [3.05, 3.63) is 24.2 Å². The first kappa shape index (κ1) is 18.5. The number of nitrogens with zero attached hydrogens (tertiary/aromatic N) is 1. The van der Waals surface area contributed by atoms with E-state index in [0.717, 1.165) is 0 Å². The molecule has 1 aromatic rings. The largest absolute Gasteiger partial charge is 0.467 e. The normalized spacial score (nSPS) is 16.6. The fourth-order valence-corrected chi connectivity index (χ4v) is 2.44. The zero-order valence-corrected chi connectivity index (χ0v) is 13.9. The van der Waals surface area contributed by atoms with Crippen molar-refractivity contribution in [1.82, 2.24) is 15.8 Å². The number of hydrogen-bond acceptors (Lipinski definition) is 6. The van der Waals surface area contributed by atoms with Crippen LogP contribution in [0.25, 0.3) is 0 Å². The van der Waals surface area contributed by atoms with Gasteiger partial charge in [0.05, 0.1) is 31.8 Å². The van der Waals surface area contributed by atoms with Gasteiger partial charge in [0.1, 0.15) is 5.76 Å². The second kappa shape index (κ2) is 8.86. The molecule has 2 rings (SSSR count). The first-order valence-electron chi connectivity index (χ1n) is 8.04. The lowest BCUT2D eigenvalue weighted by atomic mass is 10.1. The molecule has 25 heavy (non-hydrogen) atoms. The highest BCUT2D eigenvalue weighted by Gasteiger charge is 2.34. The van der Waals surface area contributed by atoms with Crippen LogP contribution in [0.2, 0.25) is 0 Å². The number of nitrogens with one attached hydrogen (secondary N) is 2. The van der Waals surface area contributed by atoms with Crippen molar-refractivity contribution in [1.29, 1.82) is 0 Å². The summed E-state index contributed by atoms with van der Waals surface area (Å²) in [6.45, 7) is 2.49. The average molecular weight is 351 g/mol. The molecule has 1 aliphatic heterocycles. The standard InChI is InChI=1S/C16H21N3O6/c1-2-24-15(22)6-5-13(20)17-18-16(23)11-8-14(21)19(9-11)10-12-4-3-7-25-12/h3-4,7,11H,2,5-6,8-10H2,1H3,(H,17,20)(H,18,23). The van der Waals surface area contributed by atoms with E-state index in [9.17, 15) is 19.2 Å². The number of carbonyl (C=O) groups is 4. The lowest BCUT2D eigenvalue weighted by molar-refractivity contribution is -0.144. The van der Waals surface area contributed by atoms with Crippen LogP contribution < -0.4 is 10.9 Å². The van der Waals surface area contributed by atoms with Crippen LogP contribution in [0.3, 0.4) is 0 Å². The second-order valence-corrected chi connectivity index (χ2v) is 5.60. The van der Waals surface area contributed by atoms with Crippen molar-refractivity contribution in [2.75, 3.05) is 13.2 Å². The Kier molecular flexibility index (Phi) is 6.55. The molecule has 2 heterocycles. The lowest BCUT2D eigenvalue weighted by Gasteiger charge is -2.15. The van der Waals surface area contributed by atoms with Gasteiger partial charge in [-0.1, -0.05) is 0 Å². The second-order valence-electron chi connectivity index (χ2n) is 5.60. The maximum Gasteiger partial charge on any atom is 0.306 e. The first-order valence-corrected chi connectivity index (χ1v) is 8.04. The molecule has 0 radical (unpaired) electrons. The van der Waals surface area contributed by atoms with E-state index >= 15 is 0 Å². The van der Waals surface area contributed by atoms with Crippen LogP contribution in [0.4, 0.5) is 0 Å². The predicted molar refractivity (Wildman–Crippen MR) is 84.4 cm³/mol. The number of amides is 3. The van der Waals surface area contributed by atoms with Crippen molar-refractivity contribution >= 4 is 23.7 Å². The van der Waals surface area contributed by atoms with Gasteiger partial charge in [-0.25, -0.2) is 0 Å². The molecule has 1 saturated heterocycles. The quantitative estimate of drug-likeness (QED) is 0.532. The number of rotatable bonds is 7. The summed E-state index contributed by atoms with van der Waals surface area (Å²) in [5.41, 5.74) is 4.52. The topological polar surface area (TPSA) is 118 Å². The van der Waals surface area contributed by atoms with E-state index in [4.69, 9.17) is 9.15 Å². The van der Waals surface area contributed by atoms with Crippen molar-refractivity contribution in [2.45, 2.75) is 32.7 Å². The Labute approximate surface area is 144 Å². The SMILES string of the molecule is CCOC(=O)CCC(=O)NNC(=O)C1CC(=O)N(Cc2ccco2)C1. The summed E-state index contributed by atoms with van der Waals surface area (Å²) in [6.07, 6.45) is 1.44. The number of hydrogen-bond donors (Lipinski definition) is 2. The molecule has 1 aromatic heterocycles. The molecule has 9 heteroatoms. The van der Waals surface area contributed by atoms with Crippen LogP contribution in [0.5, 0.6) is 0 Å². The van der Waals surface area contributed by atoms with Crippen molar-refractivity contribution < 1.29 is 28.3 Å². The molecule has 9 nitrogen and oxygen atoms in total. The summed E-state index contributed by atoms with van der Waals surface area (Å²) in [4.78, 5) is 48.3. The third-order valence-electron chi connectivity index (χ3n) is 3.70. The molecule has 0 bridgehead atoms. The summed E-state index contributed by atoms with van der Waals surface area (Å²) in [5.74, 6) is -1.48. The smallest absolute Gasteiger partial charge is 0.306 e. The molecule has 1 fully saturated rings. The third-order valence-corrected chi connectivity index (χ3v) is 3.70. The molecular weight excluding hydrogens is 330 g/mol. The van der Waals surface area contributed by atoms with Crippen LogP contribution in [-0.4, -0.2) is 41.7 Å². The Hall–Kier alpha value is -2.84. The summed E-state index contributed by atoms with van der Waals surface area (Å²) in [6, 6.07) is 3.48. The van der Waals surface area contributed by atoms with Crippen LogP contribution >= 0.6 is 0 Å². The van der Waals surface area contributed by atoms with Gasteiger partial charge in [-0.15, -0.1) is 0 Å². The highest BCUT2D eigenvalue weighted by Crippen LogP contribution is 2.20. The van der Waals surface area contributed by atoms with Crippen LogP contribution in [0.1, 0.15) is 31.9 Å². The van der Waals surface area contributed by atoms with Gasteiger partial charge >= 0.3 is 5.97 Å². The Morgan fingerprint density at radius 2 is 2.12 bits per heavy atom. The number of hydrazine groups is 1. The Morgan fingerprint density at radius 1 is 1.32 bits per heavy atom. The first-order chi connectivity index (χ1) is 12.0. The summed E-state index contributed by atoms with van der Waals surface area (Å²) in [5, 5.41) is 0. The zero-order chi connectivity index (χ0) is 18.2. The number of furan rings is 1. The fraction of sp³-hybridized carbons (Fsp3) is 0.500. The number of ether oxygens (including phenoxy) is 1.